The molecule has 8 nitrogen and oxygen atoms in total. The van der Waals surface area contributed by atoms with Crippen molar-refractivity contribution in [3.63, 3.8) is 0 Å². The van der Waals surface area contributed by atoms with Gasteiger partial charge in [-0.2, -0.15) is 0 Å². The topological polar surface area (TPSA) is 101 Å². The Morgan fingerprint density at radius 2 is 0.775 bits per heavy atom. The molecule has 0 heterocycles. The molecule has 0 bridgehead atoms. The summed E-state index contributed by atoms with van der Waals surface area (Å²) >= 11 is 0. The van der Waals surface area contributed by atoms with Crippen LogP contribution in [-0.2, 0) is 33.3 Å². The van der Waals surface area contributed by atoms with Crippen LogP contribution in [0.25, 0.3) is 0 Å². The third kappa shape index (κ3) is 34.8. The van der Waals surface area contributed by atoms with Crippen LogP contribution in [0.5, 0.6) is 0 Å². The number of carbonyl (C=O) groups is 2. The van der Waals surface area contributed by atoms with Crippen molar-refractivity contribution in [1.82, 2.24) is 0 Å². The van der Waals surface area contributed by atoms with Crippen LogP contribution in [0.15, 0.2) is 0 Å². The summed E-state index contributed by atoms with van der Waals surface area (Å²) < 4.78 is 27.0. The minimum Gasteiger partial charge on any atom is -0.481 e. The van der Waals surface area contributed by atoms with E-state index in [1.165, 1.54) is 96.3 Å². The Morgan fingerprint density at radius 1 is 0.425 bits per heavy atom. The SMILES string of the molecule is CCCCCCCCCCCCCCCCCCOCCOCCOCCOCCOC(=O)CCCCC(=O)O. The summed E-state index contributed by atoms with van der Waals surface area (Å²) in [6.07, 6.45) is 23.4. The van der Waals surface area contributed by atoms with Crippen LogP contribution in [-0.4, -0.2) is 76.5 Å². The molecule has 0 aliphatic carbocycles. The lowest BCUT2D eigenvalue weighted by Gasteiger charge is -2.08. The smallest absolute Gasteiger partial charge is 0.305 e. The largest absolute Gasteiger partial charge is 0.481 e. The molecular weight excluding hydrogens is 512 g/mol. The summed E-state index contributed by atoms with van der Waals surface area (Å²) in [5, 5.41) is 8.54. The highest BCUT2D eigenvalue weighted by atomic mass is 16.6. The molecule has 0 rings (SSSR count). The van der Waals surface area contributed by atoms with Gasteiger partial charge in [-0.1, -0.05) is 103 Å². The van der Waals surface area contributed by atoms with E-state index in [-0.39, 0.29) is 25.4 Å². The first kappa shape index (κ1) is 38.8. The average molecular weight is 575 g/mol. The van der Waals surface area contributed by atoms with E-state index in [2.05, 4.69) is 6.92 Å². The fraction of sp³-hybridized carbons (Fsp3) is 0.938. The molecule has 0 saturated heterocycles. The molecule has 238 valence electrons. The van der Waals surface area contributed by atoms with Gasteiger partial charge in [0.2, 0.25) is 0 Å². The van der Waals surface area contributed by atoms with Crippen LogP contribution in [0.1, 0.15) is 135 Å². The molecule has 0 amide bonds. The molecule has 0 spiro atoms. The van der Waals surface area contributed by atoms with Gasteiger partial charge in [-0.3, -0.25) is 9.59 Å². The van der Waals surface area contributed by atoms with Gasteiger partial charge < -0.3 is 28.8 Å². The maximum Gasteiger partial charge on any atom is 0.305 e. The van der Waals surface area contributed by atoms with Gasteiger partial charge in [0, 0.05) is 19.4 Å². The molecule has 1 N–H and O–H groups in total. The second-order valence-corrected chi connectivity index (χ2v) is 10.6. The van der Waals surface area contributed by atoms with Gasteiger partial charge in [0.15, 0.2) is 0 Å². The first-order valence-electron chi connectivity index (χ1n) is 16.3. The monoisotopic (exact) mass is 574 g/mol. The van der Waals surface area contributed by atoms with Crippen LogP contribution in [0, 0.1) is 0 Å². The summed E-state index contributed by atoms with van der Waals surface area (Å²) in [5.74, 6) is -1.17. The van der Waals surface area contributed by atoms with E-state index < -0.39 is 5.97 Å². The number of carbonyl (C=O) groups excluding carboxylic acids is 1. The number of esters is 1. The van der Waals surface area contributed by atoms with Gasteiger partial charge in [0.1, 0.15) is 6.61 Å². The summed E-state index contributed by atoms with van der Waals surface area (Å²) in [7, 11) is 0. The number of hydrogen-bond acceptors (Lipinski definition) is 7. The normalized spacial score (nSPS) is 11.2. The molecule has 0 aromatic heterocycles. The zero-order valence-electron chi connectivity index (χ0n) is 25.8. The Balaban J connectivity index is 3.09. The van der Waals surface area contributed by atoms with Crippen LogP contribution < -0.4 is 0 Å². The van der Waals surface area contributed by atoms with E-state index in [0.717, 1.165) is 13.0 Å². The number of rotatable bonds is 34. The van der Waals surface area contributed by atoms with Gasteiger partial charge >= 0.3 is 11.9 Å². The molecule has 0 fully saturated rings. The highest BCUT2D eigenvalue weighted by Gasteiger charge is 2.04. The molecule has 0 aromatic rings. The van der Waals surface area contributed by atoms with Crippen molar-refractivity contribution in [2.75, 3.05) is 59.5 Å². The van der Waals surface area contributed by atoms with Crippen LogP contribution in [0.4, 0.5) is 0 Å². The predicted octanol–water partition coefficient (Wildman–Crippen LogP) is 7.50. The minimum atomic E-state index is -0.847. The molecule has 0 aromatic carbocycles. The minimum absolute atomic E-state index is 0.0782. The first-order valence-corrected chi connectivity index (χ1v) is 16.3. The maximum absolute atomic E-state index is 11.5. The highest BCUT2D eigenvalue weighted by molar-refractivity contribution is 5.69. The second kappa shape index (κ2) is 34.0. The van der Waals surface area contributed by atoms with Crippen molar-refractivity contribution in [1.29, 1.82) is 0 Å². The first-order chi connectivity index (χ1) is 19.7. The Kier molecular flexibility index (Phi) is 32.9. The van der Waals surface area contributed by atoms with Crippen molar-refractivity contribution in [3.8, 4) is 0 Å². The summed E-state index contributed by atoms with van der Waals surface area (Å²) in [5.41, 5.74) is 0. The lowest BCUT2D eigenvalue weighted by Crippen LogP contribution is -2.14. The maximum atomic E-state index is 11.5. The number of carboxylic acids is 1. The molecule has 0 unspecified atom stereocenters. The molecule has 0 radical (unpaired) electrons. The number of aliphatic carboxylic acids is 1. The van der Waals surface area contributed by atoms with Gasteiger partial charge in [-0.05, 0) is 19.3 Å². The summed E-state index contributed by atoms with van der Waals surface area (Å²) in [4.78, 5) is 21.9. The summed E-state index contributed by atoms with van der Waals surface area (Å²) in [6, 6.07) is 0. The number of unbranched alkanes of at least 4 members (excludes halogenated alkanes) is 16. The Hall–Kier alpha value is -1.22. The van der Waals surface area contributed by atoms with Gasteiger partial charge in [-0.15, -0.1) is 0 Å². The Bertz CT molecular complexity index is 529. The predicted molar refractivity (Wildman–Crippen MR) is 160 cm³/mol. The Morgan fingerprint density at radius 3 is 1.20 bits per heavy atom. The van der Waals surface area contributed by atoms with Gasteiger partial charge in [0.25, 0.3) is 0 Å². The van der Waals surface area contributed by atoms with Crippen LogP contribution >= 0.6 is 0 Å². The van der Waals surface area contributed by atoms with Gasteiger partial charge in [0.05, 0.1) is 46.2 Å². The van der Waals surface area contributed by atoms with Crippen molar-refractivity contribution >= 4 is 11.9 Å². The third-order valence-corrected chi connectivity index (χ3v) is 6.77. The molecule has 0 saturated carbocycles. The van der Waals surface area contributed by atoms with Crippen molar-refractivity contribution in [2.24, 2.45) is 0 Å². The number of hydrogen-bond donors (Lipinski definition) is 1. The lowest BCUT2D eigenvalue weighted by atomic mass is 10.0. The standard InChI is InChI=1S/C32H62O8/c1-2-3-4-5-6-7-8-9-10-11-12-13-14-15-16-19-22-36-23-24-37-25-26-38-27-28-39-29-30-40-32(35)21-18-17-20-31(33)34/h2-30H2,1H3,(H,33,34). The van der Waals surface area contributed by atoms with Crippen LogP contribution in [0.2, 0.25) is 0 Å². The fourth-order valence-electron chi connectivity index (χ4n) is 4.35. The average Bonchev–Trinajstić information content (AvgIpc) is 2.94. The quantitative estimate of drug-likeness (QED) is 0.0623. The Labute approximate surface area is 245 Å². The highest BCUT2D eigenvalue weighted by Crippen LogP contribution is 2.13. The van der Waals surface area contributed by atoms with Crippen molar-refractivity contribution < 1.29 is 38.4 Å². The third-order valence-electron chi connectivity index (χ3n) is 6.77. The van der Waals surface area contributed by atoms with E-state index in [4.69, 9.17) is 28.8 Å². The molecular formula is C32H62O8. The molecule has 0 aliphatic rings. The molecule has 0 aliphatic heterocycles. The zero-order chi connectivity index (χ0) is 29.2. The fourth-order valence-corrected chi connectivity index (χ4v) is 4.35. The number of ether oxygens (including phenoxy) is 5. The lowest BCUT2D eigenvalue weighted by molar-refractivity contribution is -0.146. The van der Waals surface area contributed by atoms with E-state index in [1.54, 1.807) is 0 Å². The van der Waals surface area contributed by atoms with Crippen LogP contribution in [0.3, 0.4) is 0 Å². The zero-order valence-corrected chi connectivity index (χ0v) is 25.8. The van der Waals surface area contributed by atoms with E-state index in [9.17, 15) is 9.59 Å². The van der Waals surface area contributed by atoms with Crippen molar-refractivity contribution in [3.05, 3.63) is 0 Å². The molecule has 40 heavy (non-hydrogen) atoms. The van der Waals surface area contributed by atoms with E-state index in [1.807, 2.05) is 0 Å². The van der Waals surface area contributed by atoms with E-state index in [0.29, 0.717) is 59.1 Å². The molecule has 0 atom stereocenters. The molecule has 8 heteroatoms. The number of carboxylic acid groups (broad SMARTS) is 1. The summed E-state index contributed by atoms with van der Waals surface area (Å²) in [6.45, 7) is 6.74. The van der Waals surface area contributed by atoms with E-state index >= 15 is 0 Å². The van der Waals surface area contributed by atoms with Gasteiger partial charge in [-0.25, -0.2) is 0 Å². The second-order valence-electron chi connectivity index (χ2n) is 10.6. The van der Waals surface area contributed by atoms with Crippen molar-refractivity contribution in [2.45, 2.75) is 135 Å².